The van der Waals surface area contributed by atoms with E-state index >= 15 is 0 Å². The highest BCUT2D eigenvalue weighted by molar-refractivity contribution is 14.0. The van der Waals surface area contributed by atoms with Crippen molar-refractivity contribution in [1.29, 1.82) is 0 Å². The molecule has 2 aromatic heterocycles. The van der Waals surface area contributed by atoms with Crippen molar-refractivity contribution in [2.24, 2.45) is 4.99 Å². The number of nitrogens with zero attached hydrogens (tertiary/aromatic N) is 6. The number of rotatable bonds is 7. The third-order valence-electron chi connectivity index (χ3n) is 4.94. The zero-order valence-corrected chi connectivity index (χ0v) is 21.0. The van der Waals surface area contributed by atoms with Gasteiger partial charge in [0.05, 0.1) is 6.54 Å². The molecular formula is C20H26ClIN8O2. The van der Waals surface area contributed by atoms with Crippen molar-refractivity contribution in [2.45, 2.75) is 38.5 Å². The van der Waals surface area contributed by atoms with Gasteiger partial charge in [-0.15, -0.1) is 24.0 Å². The Morgan fingerprint density at radius 3 is 2.88 bits per heavy atom. The first-order valence-corrected chi connectivity index (χ1v) is 10.5. The van der Waals surface area contributed by atoms with Crippen molar-refractivity contribution in [1.82, 2.24) is 35.5 Å². The lowest BCUT2D eigenvalue weighted by atomic mass is 10.1. The summed E-state index contributed by atoms with van der Waals surface area (Å²) in [7, 11) is 3.40. The van der Waals surface area contributed by atoms with Crippen molar-refractivity contribution in [3.05, 3.63) is 46.8 Å². The first-order valence-electron chi connectivity index (χ1n) is 10.1. The standard InChI is InChI=1S/C20H25ClN8O2.HI/c1-22-20(24-15-7-8-17-25-16(12-30-2)27-29(17)11-15)23-10-9-18-26-19(28-31-18)13-3-5-14(21)6-4-13;/h3-6,15H,7-12H2,1-2H3,(H2,22,23,24);1H. The topological polar surface area (TPSA) is 115 Å². The summed E-state index contributed by atoms with van der Waals surface area (Å²) in [4.78, 5) is 13.3. The van der Waals surface area contributed by atoms with Gasteiger partial charge in [-0.1, -0.05) is 16.8 Å². The Kier molecular flexibility index (Phi) is 8.82. The number of aromatic nitrogens is 5. The number of hydrogen-bond acceptors (Lipinski definition) is 7. The van der Waals surface area contributed by atoms with Crippen LogP contribution in [0.4, 0.5) is 0 Å². The fourth-order valence-corrected chi connectivity index (χ4v) is 3.54. The van der Waals surface area contributed by atoms with E-state index in [1.807, 2.05) is 16.8 Å². The number of halogens is 2. The quantitative estimate of drug-likeness (QED) is 0.252. The van der Waals surface area contributed by atoms with Crippen LogP contribution in [0.3, 0.4) is 0 Å². The van der Waals surface area contributed by atoms with Gasteiger partial charge in [-0.3, -0.25) is 4.99 Å². The Bertz CT molecular complexity index is 1040. The van der Waals surface area contributed by atoms with Gasteiger partial charge in [-0.2, -0.15) is 10.1 Å². The molecule has 4 rings (SSSR count). The van der Waals surface area contributed by atoms with Crippen molar-refractivity contribution in [2.75, 3.05) is 20.7 Å². The molecule has 0 aliphatic carbocycles. The molecule has 1 aliphatic heterocycles. The molecule has 0 bridgehead atoms. The summed E-state index contributed by atoms with van der Waals surface area (Å²) in [6.45, 7) is 1.78. The van der Waals surface area contributed by atoms with Crippen LogP contribution in [0.2, 0.25) is 5.02 Å². The molecule has 0 radical (unpaired) electrons. The van der Waals surface area contributed by atoms with Gasteiger partial charge >= 0.3 is 0 Å². The van der Waals surface area contributed by atoms with E-state index in [1.54, 1.807) is 26.3 Å². The van der Waals surface area contributed by atoms with E-state index in [0.717, 1.165) is 42.6 Å². The Labute approximate surface area is 208 Å². The minimum absolute atomic E-state index is 0. The predicted molar refractivity (Wildman–Crippen MR) is 131 cm³/mol. The molecule has 172 valence electrons. The molecule has 1 aliphatic rings. The second-order valence-electron chi connectivity index (χ2n) is 7.21. The van der Waals surface area contributed by atoms with Crippen LogP contribution in [0.25, 0.3) is 11.4 Å². The van der Waals surface area contributed by atoms with Crippen molar-refractivity contribution >= 4 is 41.5 Å². The van der Waals surface area contributed by atoms with Gasteiger partial charge in [0, 0.05) is 50.2 Å². The summed E-state index contributed by atoms with van der Waals surface area (Å²) >= 11 is 5.92. The van der Waals surface area contributed by atoms with Crippen molar-refractivity contribution in [3.8, 4) is 11.4 Å². The van der Waals surface area contributed by atoms with Crippen molar-refractivity contribution < 1.29 is 9.26 Å². The van der Waals surface area contributed by atoms with E-state index < -0.39 is 0 Å². The van der Waals surface area contributed by atoms with Crippen LogP contribution < -0.4 is 10.6 Å². The summed E-state index contributed by atoms with van der Waals surface area (Å²) < 4.78 is 12.4. The second-order valence-corrected chi connectivity index (χ2v) is 7.64. The van der Waals surface area contributed by atoms with Crippen LogP contribution in [-0.2, 0) is 30.7 Å². The average molecular weight is 573 g/mol. The van der Waals surface area contributed by atoms with Crippen LogP contribution >= 0.6 is 35.6 Å². The second kappa shape index (κ2) is 11.6. The van der Waals surface area contributed by atoms with Gasteiger partial charge in [0.15, 0.2) is 11.8 Å². The number of guanidine groups is 1. The minimum atomic E-state index is 0. The number of aliphatic imine (C=N–C) groups is 1. The number of methoxy groups -OCH3 is 1. The molecule has 0 spiro atoms. The van der Waals surface area contributed by atoms with E-state index in [4.69, 9.17) is 20.9 Å². The average Bonchev–Trinajstić information content (AvgIpc) is 3.40. The zero-order chi connectivity index (χ0) is 21.6. The van der Waals surface area contributed by atoms with Crippen LogP contribution in [0.5, 0.6) is 0 Å². The Hall–Kier alpha value is -2.25. The SMILES string of the molecule is CN=C(NCCc1nc(-c2ccc(Cl)cc2)no1)NC1CCc2nc(COC)nn2C1.I. The maximum atomic E-state index is 5.92. The van der Waals surface area contributed by atoms with Gasteiger partial charge in [0.1, 0.15) is 12.4 Å². The number of nitrogens with one attached hydrogen (secondary N) is 2. The van der Waals surface area contributed by atoms with Gasteiger partial charge < -0.3 is 19.9 Å². The molecule has 0 fully saturated rings. The first-order chi connectivity index (χ1) is 15.1. The number of aryl methyl sites for hydroxylation is 1. The highest BCUT2D eigenvalue weighted by atomic mass is 127. The third-order valence-corrected chi connectivity index (χ3v) is 5.19. The summed E-state index contributed by atoms with van der Waals surface area (Å²) in [5, 5.41) is 16.0. The molecule has 32 heavy (non-hydrogen) atoms. The third kappa shape index (κ3) is 6.17. The maximum absolute atomic E-state index is 5.92. The van der Waals surface area contributed by atoms with Crippen LogP contribution in [-0.4, -0.2) is 57.6 Å². The molecule has 12 heteroatoms. The van der Waals surface area contributed by atoms with E-state index in [0.29, 0.717) is 36.3 Å². The molecule has 0 amide bonds. The lowest BCUT2D eigenvalue weighted by molar-refractivity contribution is 0.177. The Morgan fingerprint density at radius 1 is 1.31 bits per heavy atom. The van der Waals surface area contributed by atoms with Gasteiger partial charge in [0.2, 0.25) is 11.7 Å². The van der Waals surface area contributed by atoms with E-state index in [2.05, 4.69) is 35.8 Å². The Morgan fingerprint density at radius 2 is 2.12 bits per heavy atom. The molecule has 0 saturated carbocycles. The van der Waals surface area contributed by atoms with Crippen molar-refractivity contribution in [3.63, 3.8) is 0 Å². The number of fused-ring (bicyclic) bond motifs is 1. The highest BCUT2D eigenvalue weighted by Gasteiger charge is 2.22. The molecule has 1 atom stereocenters. The molecular weight excluding hydrogens is 547 g/mol. The summed E-state index contributed by atoms with van der Waals surface area (Å²) in [6.07, 6.45) is 2.40. The molecule has 2 N–H and O–H groups in total. The molecule has 1 unspecified atom stereocenters. The smallest absolute Gasteiger partial charge is 0.228 e. The molecule has 3 aromatic rings. The fourth-order valence-electron chi connectivity index (χ4n) is 3.42. The van der Waals surface area contributed by atoms with E-state index in [9.17, 15) is 0 Å². The Balaban J connectivity index is 0.00000289. The molecule has 1 aromatic carbocycles. The fraction of sp³-hybridized carbons (Fsp3) is 0.450. The van der Waals surface area contributed by atoms with Crippen LogP contribution in [0, 0.1) is 0 Å². The molecule has 10 nitrogen and oxygen atoms in total. The number of hydrogen-bond donors (Lipinski definition) is 2. The summed E-state index contributed by atoms with van der Waals surface area (Å²) in [6, 6.07) is 7.55. The van der Waals surface area contributed by atoms with E-state index in [1.165, 1.54) is 0 Å². The van der Waals surface area contributed by atoms with Gasteiger partial charge in [0.25, 0.3) is 0 Å². The number of benzene rings is 1. The number of ether oxygens (including phenoxy) is 1. The lowest BCUT2D eigenvalue weighted by Crippen LogP contribution is -2.47. The maximum Gasteiger partial charge on any atom is 0.228 e. The van der Waals surface area contributed by atoms with E-state index in [-0.39, 0.29) is 30.0 Å². The first kappa shape index (κ1) is 24.4. The molecule has 3 heterocycles. The van der Waals surface area contributed by atoms with Gasteiger partial charge in [-0.05, 0) is 30.7 Å². The predicted octanol–water partition coefficient (Wildman–Crippen LogP) is 2.47. The van der Waals surface area contributed by atoms with Gasteiger partial charge in [-0.25, -0.2) is 9.67 Å². The normalized spacial score (nSPS) is 15.7. The van der Waals surface area contributed by atoms with Crippen LogP contribution in [0.1, 0.15) is 24.0 Å². The molecule has 0 saturated heterocycles. The highest BCUT2D eigenvalue weighted by Crippen LogP contribution is 2.18. The van der Waals surface area contributed by atoms with Crippen LogP contribution in [0.15, 0.2) is 33.8 Å². The summed E-state index contributed by atoms with van der Waals surface area (Å²) in [5.41, 5.74) is 0.864. The lowest BCUT2D eigenvalue weighted by Gasteiger charge is -2.25. The minimum Gasteiger partial charge on any atom is -0.377 e. The largest absolute Gasteiger partial charge is 0.377 e. The summed E-state index contributed by atoms with van der Waals surface area (Å²) in [5.74, 6) is 3.55. The zero-order valence-electron chi connectivity index (χ0n) is 17.9. The monoisotopic (exact) mass is 572 g/mol.